The third-order valence-corrected chi connectivity index (χ3v) is 4.94. The zero-order valence-corrected chi connectivity index (χ0v) is 14.1. The van der Waals surface area contributed by atoms with Gasteiger partial charge >= 0.3 is 0 Å². The molecular weight excluding hydrogens is 344 g/mol. The lowest BCUT2D eigenvalue weighted by Crippen LogP contribution is -2.41. The van der Waals surface area contributed by atoms with Crippen LogP contribution in [0.4, 0.5) is 17.6 Å². The van der Waals surface area contributed by atoms with Crippen LogP contribution in [0.5, 0.6) is 0 Å². The maximum Gasteiger partial charge on any atom is 0.165 e. The van der Waals surface area contributed by atoms with Crippen molar-refractivity contribution in [1.29, 1.82) is 0 Å². The van der Waals surface area contributed by atoms with Crippen molar-refractivity contribution in [3.05, 3.63) is 41.3 Å². The van der Waals surface area contributed by atoms with Gasteiger partial charge in [0.05, 0.1) is 12.5 Å². The molecule has 1 aliphatic rings. The van der Waals surface area contributed by atoms with Gasteiger partial charge in [-0.1, -0.05) is 13.8 Å². The Kier molecular flexibility index (Phi) is 5.02. The van der Waals surface area contributed by atoms with E-state index in [0.29, 0.717) is 6.42 Å². The minimum Gasteiger partial charge on any atom is -0.390 e. The topological polar surface area (TPSA) is 66.8 Å². The molecule has 3 atom stereocenters. The molecule has 1 fully saturated rings. The summed E-state index contributed by atoms with van der Waals surface area (Å²) in [4.78, 5) is 16.6. The molecule has 1 aromatic carbocycles. The second-order valence-corrected chi connectivity index (χ2v) is 7.39. The minimum absolute atomic E-state index is 0.0568. The van der Waals surface area contributed by atoms with Crippen LogP contribution >= 0.6 is 0 Å². The van der Waals surface area contributed by atoms with Gasteiger partial charge in [-0.15, -0.1) is 0 Å². The third kappa shape index (κ3) is 3.30. The molecule has 1 aliphatic carbocycles. The molecule has 0 heterocycles. The normalized spacial score (nSPS) is 23.4. The molecule has 8 heteroatoms. The molecule has 1 saturated carbocycles. The first kappa shape index (κ1) is 19.8. The summed E-state index contributed by atoms with van der Waals surface area (Å²) in [5.41, 5.74) is -3.24. The molecule has 0 saturated heterocycles. The van der Waals surface area contributed by atoms with Crippen LogP contribution in [0.3, 0.4) is 0 Å². The number of hydrogen-bond acceptors (Lipinski definition) is 4. The van der Waals surface area contributed by atoms with Gasteiger partial charge in [-0.05, 0) is 19.3 Å². The standard InChI is InChI=1S/C17H19F4O4/c1-16(2)11(12(16)15(23)17(3,4)25-24)10(22)5-7-13(20)8(18)6-9(19)14(7)21/h5-6,11-12,15,23-24H,1-4H3. The number of aliphatic hydroxyl groups is 1. The van der Waals surface area contributed by atoms with Gasteiger partial charge in [0.1, 0.15) is 11.4 Å². The highest BCUT2D eigenvalue weighted by atomic mass is 19.2. The number of Topliss-reactive ketones (excluding diaryl/α,β-unsaturated/α-hetero) is 1. The Labute approximate surface area is 142 Å². The molecule has 0 aromatic heterocycles. The second-order valence-electron chi connectivity index (χ2n) is 7.39. The van der Waals surface area contributed by atoms with Gasteiger partial charge < -0.3 is 5.11 Å². The summed E-state index contributed by atoms with van der Waals surface area (Å²) in [6.07, 6.45) is -0.753. The molecule has 4 nitrogen and oxygen atoms in total. The number of carbonyl (C=O) groups is 1. The lowest BCUT2D eigenvalue weighted by molar-refractivity contribution is -0.336. The van der Waals surface area contributed by atoms with Crippen molar-refractivity contribution < 1.29 is 37.6 Å². The molecule has 3 unspecified atom stereocenters. The Bertz CT molecular complexity index is 676. The van der Waals surface area contributed by atoms with E-state index < -0.39 is 63.6 Å². The average Bonchev–Trinajstić information content (AvgIpc) is 3.10. The number of halogens is 4. The summed E-state index contributed by atoms with van der Waals surface area (Å²) in [7, 11) is 0. The van der Waals surface area contributed by atoms with Crippen LogP contribution < -0.4 is 0 Å². The zero-order chi connectivity index (χ0) is 19.3. The van der Waals surface area contributed by atoms with Crippen molar-refractivity contribution in [3.63, 3.8) is 0 Å². The van der Waals surface area contributed by atoms with Crippen molar-refractivity contribution >= 4 is 5.78 Å². The molecule has 0 spiro atoms. The maximum atomic E-state index is 13.7. The lowest BCUT2D eigenvalue weighted by Gasteiger charge is -2.28. The van der Waals surface area contributed by atoms with E-state index in [2.05, 4.69) is 4.89 Å². The Hall–Kier alpha value is -1.51. The van der Waals surface area contributed by atoms with Gasteiger partial charge in [0, 0.05) is 23.5 Å². The highest BCUT2D eigenvalue weighted by Gasteiger charge is 2.66. The Morgan fingerprint density at radius 2 is 1.72 bits per heavy atom. The summed E-state index contributed by atoms with van der Waals surface area (Å²) in [6, 6.07) is 0.0568. The monoisotopic (exact) mass is 363 g/mol. The number of aliphatic hydroxyl groups excluding tert-OH is 1. The molecule has 2 N–H and O–H groups in total. The number of carbonyl (C=O) groups excluding carboxylic acids is 1. The van der Waals surface area contributed by atoms with E-state index in [1.165, 1.54) is 13.8 Å². The van der Waals surface area contributed by atoms with Crippen molar-refractivity contribution in [2.45, 2.75) is 39.4 Å². The van der Waals surface area contributed by atoms with Crippen LogP contribution in [0.15, 0.2) is 6.07 Å². The van der Waals surface area contributed by atoms with Gasteiger partial charge in [-0.2, -0.15) is 0 Å². The van der Waals surface area contributed by atoms with Crippen molar-refractivity contribution in [3.8, 4) is 0 Å². The van der Waals surface area contributed by atoms with E-state index in [1.807, 2.05) is 0 Å². The molecule has 25 heavy (non-hydrogen) atoms. The fourth-order valence-electron chi connectivity index (χ4n) is 3.25. The molecular formula is C17H19F4O4. The summed E-state index contributed by atoms with van der Waals surface area (Å²) in [5.74, 6) is -8.88. The van der Waals surface area contributed by atoms with E-state index in [4.69, 9.17) is 5.26 Å². The van der Waals surface area contributed by atoms with E-state index >= 15 is 0 Å². The molecule has 1 radical (unpaired) electrons. The molecule has 139 valence electrons. The van der Waals surface area contributed by atoms with Gasteiger partial charge in [-0.25, -0.2) is 22.4 Å². The van der Waals surface area contributed by atoms with Crippen LogP contribution in [0, 0.1) is 46.9 Å². The third-order valence-electron chi connectivity index (χ3n) is 4.94. The van der Waals surface area contributed by atoms with Crippen molar-refractivity contribution in [2.75, 3.05) is 0 Å². The zero-order valence-electron chi connectivity index (χ0n) is 14.1. The maximum absolute atomic E-state index is 13.7. The fourth-order valence-corrected chi connectivity index (χ4v) is 3.25. The van der Waals surface area contributed by atoms with Crippen molar-refractivity contribution in [2.24, 2.45) is 17.3 Å². The summed E-state index contributed by atoms with van der Waals surface area (Å²) >= 11 is 0. The molecule has 0 bridgehead atoms. The van der Waals surface area contributed by atoms with Gasteiger partial charge in [-0.3, -0.25) is 10.1 Å². The summed E-state index contributed by atoms with van der Waals surface area (Å²) in [6.45, 7) is 6.09. The second kappa shape index (κ2) is 6.34. The predicted molar refractivity (Wildman–Crippen MR) is 79.2 cm³/mol. The lowest BCUT2D eigenvalue weighted by atomic mass is 9.93. The van der Waals surface area contributed by atoms with Crippen LogP contribution in [0.2, 0.25) is 0 Å². The van der Waals surface area contributed by atoms with Gasteiger partial charge in [0.2, 0.25) is 0 Å². The Balaban J connectivity index is 2.26. The highest BCUT2D eigenvalue weighted by Crippen LogP contribution is 2.62. The first-order chi connectivity index (χ1) is 11.4. The first-order valence-corrected chi connectivity index (χ1v) is 7.58. The van der Waals surface area contributed by atoms with Crippen LogP contribution in [-0.4, -0.2) is 27.9 Å². The molecule has 1 aromatic rings. The number of ketones is 1. The summed E-state index contributed by atoms with van der Waals surface area (Å²) < 4.78 is 53.9. The van der Waals surface area contributed by atoms with Crippen LogP contribution in [-0.2, 0) is 9.68 Å². The molecule has 0 aliphatic heterocycles. The van der Waals surface area contributed by atoms with Gasteiger partial charge in [0.25, 0.3) is 0 Å². The number of benzene rings is 1. The molecule has 0 amide bonds. The largest absolute Gasteiger partial charge is 0.390 e. The van der Waals surface area contributed by atoms with E-state index in [-0.39, 0.29) is 6.07 Å². The van der Waals surface area contributed by atoms with Crippen LogP contribution in [0.1, 0.15) is 33.3 Å². The van der Waals surface area contributed by atoms with E-state index in [1.54, 1.807) is 13.8 Å². The fraction of sp³-hybridized carbons (Fsp3) is 0.529. The average molecular weight is 363 g/mol. The Morgan fingerprint density at radius 3 is 2.16 bits per heavy atom. The first-order valence-electron chi connectivity index (χ1n) is 7.58. The van der Waals surface area contributed by atoms with E-state index in [0.717, 1.165) is 0 Å². The number of hydrogen-bond donors (Lipinski definition) is 2. The van der Waals surface area contributed by atoms with Gasteiger partial charge in [0.15, 0.2) is 23.3 Å². The molecule has 2 rings (SSSR count). The summed E-state index contributed by atoms with van der Waals surface area (Å²) in [5, 5.41) is 19.2. The quantitative estimate of drug-likeness (QED) is 0.352. The highest BCUT2D eigenvalue weighted by molar-refractivity contribution is 5.95. The number of rotatable bonds is 6. The smallest absolute Gasteiger partial charge is 0.165 e. The SMILES string of the molecule is CC(C)(OO)C(O)C1C(C(=O)[CH]c2c(F)c(F)cc(F)c2F)C1(C)C. The predicted octanol–water partition coefficient (Wildman–Crippen LogP) is 3.27. The Morgan fingerprint density at radius 1 is 1.24 bits per heavy atom. The van der Waals surface area contributed by atoms with Crippen LogP contribution in [0.25, 0.3) is 0 Å². The van der Waals surface area contributed by atoms with E-state index in [9.17, 15) is 27.5 Å². The van der Waals surface area contributed by atoms with Crippen molar-refractivity contribution in [1.82, 2.24) is 0 Å². The minimum atomic E-state index is -1.66.